The Morgan fingerprint density at radius 2 is 1.66 bits per heavy atom. The Hall–Kier alpha value is -4.57. The number of nitrogens with zero attached hydrogens (tertiary/aromatic N) is 3. The van der Waals surface area contributed by atoms with Gasteiger partial charge in [-0.05, 0) is 55.0 Å². The van der Waals surface area contributed by atoms with Crippen LogP contribution in [-0.2, 0) is 6.42 Å². The Morgan fingerprint density at radius 1 is 0.921 bits per heavy atom. The van der Waals surface area contributed by atoms with E-state index in [-0.39, 0.29) is 12.4 Å². The molecular weight excluding hydrogens is 511 g/mol. The summed E-state index contributed by atoms with van der Waals surface area (Å²) in [7, 11) is 0. The third-order valence-corrected chi connectivity index (χ3v) is 6.53. The molecular formula is C28H20F3N5OS. The largest absolute Gasteiger partial charge is 0.375 e. The number of nitrogens with one attached hydrogen (secondary N) is 1. The van der Waals surface area contributed by atoms with Crippen molar-refractivity contribution >= 4 is 33.9 Å². The predicted octanol–water partition coefficient (Wildman–Crippen LogP) is 6.74. The van der Waals surface area contributed by atoms with Crippen LogP contribution in [0.2, 0.25) is 0 Å². The molecule has 0 radical (unpaired) electrons. The van der Waals surface area contributed by atoms with Crippen molar-refractivity contribution in [3.63, 3.8) is 0 Å². The van der Waals surface area contributed by atoms with Crippen LogP contribution < -0.4 is 11.1 Å². The van der Waals surface area contributed by atoms with Gasteiger partial charge in [0.2, 0.25) is 5.95 Å². The summed E-state index contributed by atoms with van der Waals surface area (Å²) < 4.78 is 41.8. The molecule has 2 heterocycles. The second kappa shape index (κ2) is 10.4. The van der Waals surface area contributed by atoms with Gasteiger partial charge < -0.3 is 11.1 Å². The van der Waals surface area contributed by atoms with Crippen LogP contribution in [0.5, 0.6) is 0 Å². The zero-order chi connectivity index (χ0) is 26.8. The van der Waals surface area contributed by atoms with Gasteiger partial charge >= 0.3 is 0 Å². The fourth-order valence-electron chi connectivity index (χ4n) is 4.01. The first-order valence-corrected chi connectivity index (χ1v) is 12.3. The summed E-state index contributed by atoms with van der Waals surface area (Å²) in [5, 5.41) is 3.32. The molecule has 0 fully saturated rings. The monoisotopic (exact) mass is 531 g/mol. The number of rotatable bonds is 7. The normalized spacial score (nSPS) is 10.9. The molecule has 5 rings (SSSR count). The van der Waals surface area contributed by atoms with Crippen LogP contribution >= 0.6 is 11.3 Å². The highest BCUT2D eigenvalue weighted by molar-refractivity contribution is 7.19. The summed E-state index contributed by atoms with van der Waals surface area (Å²) in [6.07, 6.45) is -0.199. The lowest BCUT2D eigenvalue weighted by Gasteiger charge is -2.09. The molecule has 0 atom stereocenters. The fraction of sp³-hybridized carbons (Fsp3) is 0.0714. The van der Waals surface area contributed by atoms with E-state index >= 15 is 0 Å². The molecule has 190 valence electrons. The van der Waals surface area contributed by atoms with Crippen molar-refractivity contribution in [3.05, 3.63) is 107 Å². The van der Waals surface area contributed by atoms with E-state index in [1.807, 2.05) is 0 Å². The number of ketones is 1. The van der Waals surface area contributed by atoms with Crippen molar-refractivity contribution in [2.75, 3.05) is 11.1 Å². The molecule has 0 amide bonds. The Labute approximate surface area is 220 Å². The van der Waals surface area contributed by atoms with E-state index in [1.165, 1.54) is 29.5 Å². The first kappa shape index (κ1) is 25.1. The van der Waals surface area contributed by atoms with Gasteiger partial charge in [-0.1, -0.05) is 41.7 Å². The number of nitrogens with two attached hydrogens (primary N) is 1. The van der Waals surface area contributed by atoms with Crippen LogP contribution in [-0.4, -0.2) is 20.7 Å². The lowest BCUT2D eigenvalue weighted by Crippen LogP contribution is -2.09. The molecule has 6 nitrogen and oxygen atoms in total. The summed E-state index contributed by atoms with van der Waals surface area (Å²) in [5.41, 5.74) is 8.96. The molecule has 2 aromatic heterocycles. The van der Waals surface area contributed by atoms with Crippen molar-refractivity contribution in [2.24, 2.45) is 0 Å². The number of benzene rings is 3. The molecule has 0 saturated heterocycles. The Morgan fingerprint density at radius 3 is 2.42 bits per heavy atom. The van der Waals surface area contributed by atoms with Gasteiger partial charge in [-0.25, -0.2) is 28.1 Å². The molecule has 0 aliphatic heterocycles. The summed E-state index contributed by atoms with van der Waals surface area (Å²) in [5.74, 6) is -2.59. The molecule has 5 aromatic rings. The summed E-state index contributed by atoms with van der Waals surface area (Å²) in [4.78, 5) is 26.8. The Balaban J connectivity index is 1.48. The van der Waals surface area contributed by atoms with Crippen LogP contribution in [0.15, 0.2) is 72.8 Å². The molecule has 38 heavy (non-hydrogen) atoms. The number of halogens is 3. The van der Waals surface area contributed by atoms with Gasteiger partial charge in [0, 0.05) is 23.4 Å². The number of carbonyl (C=O) groups is 1. The zero-order valence-electron chi connectivity index (χ0n) is 20.0. The first-order chi connectivity index (χ1) is 18.3. The highest BCUT2D eigenvalue weighted by Gasteiger charge is 2.20. The second-order valence-electron chi connectivity index (χ2n) is 8.48. The number of nitrogen functional groups attached to an aromatic ring is 1. The van der Waals surface area contributed by atoms with E-state index in [0.29, 0.717) is 43.9 Å². The summed E-state index contributed by atoms with van der Waals surface area (Å²) >= 11 is 1.23. The number of carbonyl (C=O) groups excluding carboxylic acids is 1. The first-order valence-electron chi connectivity index (χ1n) is 11.5. The second-order valence-corrected chi connectivity index (χ2v) is 9.51. The van der Waals surface area contributed by atoms with E-state index in [0.717, 1.165) is 12.1 Å². The minimum Gasteiger partial charge on any atom is -0.375 e. The molecule has 0 bridgehead atoms. The third kappa shape index (κ3) is 5.40. The molecule has 0 spiro atoms. The quantitative estimate of drug-likeness (QED) is 0.226. The highest BCUT2D eigenvalue weighted by atomic mass is 32.1. The zero-order valence-corrected chi connectivity index (χ0v) is 20.8. The number of Topliss-reactive ketones (excluding diaryl/α,β-unsaturated/α-hetero) is 1. The van der Waals surface area contributed by atoms with Gasteiger partial charge in [0.1, 0.15) is 17.5 Å². The topological polar surface area (TPSA) is 93.8 Å². The molecule has 0 aliphatic carbocycles. The van der Waals surface area contributed by atoms with Crippen LogP contribution in [0.1, 0.15) is 21.6 Å². The molecule has 10 heteroatoms. The van der Waals surface area contributed by atoms with E-state index in [9.17, 15) is 18.0 Å². The van der Waals surface area contributed by atoms with Gasteiger partial charge in [0.25, 0.3) is 0 Å². The smallest absolute Gasteiger partial charge is 0.228 e. The Bertz CT molecular complexity index is 1650. The molecule has 0 saturated carbocycles. The van der Waals surface area contributed by atoms with E-state index < -0.39 is 28.8 Å². The van der Waals surface area contributed by atoms with Gasteiger partial charge in [-0.2, -0.15) is 0 Å². The number of thiazole rings is 1. The van der Waals surface area contributed by atoms with Crippen LogP contribution in [0.4, 0.5) is 29.9 Å². The molecule has 0 unspecified atom stereocenters. The average Bonchev–Trinajstić information content (AvgIpc) is 3.25. The average molecular weight is 532 g/mol. The van der Waals surface area contributed by atoms with Crippen molar-refractivity contribution in [1.82, 2.24) is 15.0 Å². The van der Waals surface area contributed by atoms with E-state index in [2.05, 4.69) is 20.3 Å². The van der Waals surface area contributed by atoms with Crippen LogP contribution in [0, 0.1) is 24.4 Å². The van der Waals surface area contributed by atoms with Crippen molar-refractivity contribution < 1.29 is 18.0 Å². The maximum atomic E-state index is 14.1. The number of hydrogen-bond donors (Lipinski definition) is 2. The standard InChI is InChI=1S/C28H20F3N5OS/c1-15-11-22(35-28(33-15)34-19-8-3-7-18(29)14-19)26-25(36-27(32)38-26)17-6-2-5-16(12-17)13-23(37)24-20(30)9-4-10-21(24)31/h2-12,14H,13H2,1H3,(H2,32,36)(H,33,34,35). The van der Waals surface area contributed by atoms with Gasteiger partial charge in [0.15, 0.2) is 10.9 Å². The minimum absolute atomic E-state index is 0.199. The van der Waals surface area contributed by atoms with E-state index in [4.69, 9.17) is 5.73 Å². The number of aromatic nitrogens is 3. The maximum absolute atomic E-state index is 14.1. The molecule has 0 aliphatic rings. The van der Waals surface area contributed by atoms with Crippen LogP contribution in [0.25, 0.3) is 21.8 Å². The summed E-state index contributed by atoms with van der Waals surface area (Å²) in [6.45, 7) is 1.81. The third-order valence-electron chi connectivity index (χ3n) is 5.62. The summed E-state index contributed by atoms with van der Waals surface area (Å²) in [6, 6.07) is 18.0. The van der Waals surface area contributed by atoms with Gasteiger partial charge in [-0.15, -0.1) is 0 Å². The predicted molar refractivity (Wildman–Crippen MR) is 142 cm³/mol. The lowest BCUT2D eigenvalue weighted by molar-refractivity contribution is 0.0985. The van der Waals surface area contributed by atoms with Gasteiger partial charge in [-0.3, -0.25) is 4.79 Å². The van der Waals surface area contributed by atoms with Crippen molar-refractivity contribution in [1.29, 1.82) is 0 Å². The number of hydrogen-bond acceptors (Lipinski definition) is 7. The number of anilines is 3. The van der Waals surface area contributed by atoms with Gasteiger partial charge in [0.05, 0.1) is 21.8 Å². The van der Waals surface area contributed by atoms with Crippen LogP contribution in [0.3, 0.4) is 0 Å². The number of aryl methyl sites for hydroxylation is 1. The fourth-order valence-corrected chi connectivity index (χ4v) is 4.82. The van der Waals surface area contributed by atoms with Crippen molar-refractivity contribution in [3.8, 4) is 21.8 Å². The Kier molecular flexibility index (Phi) is 6.89. The minimum atomic E-state index is -0.900. The van der Waals surface area contributed by atoms with E-state index in [1.54, 1.807) is 49.4 Å². The highest BCUT2D eigenvalue weighted by Crippen LogP contribution is 2.38. The maximum Gasteiger partial charge on any atom is 0.228 e. The lowest BCUT2D eigenvalue weighted by atomic mass is 9.99. The SMILES string of the molecule is Cc1cc(-c2sc(N)nc2-c2cccc(CC(=O)c3c(F)cccc3F)c2)nc(Nc2cccc(F)c2)n1. The molecule has 3 N–H and O–H groups in total. The molecule has 3 aromatic carbocycles. The van der Waals surface area contributed by atoms with Crippen molar-refractivity contribution in [2.45, 2.75) is 13.3 Å².